The van der Waals surface area contributed by atoms with Gasteiger partial charge in [0.2, 0.25) is 0 Å². The summed E-state index contributed by atoms with van der Waals surface area (Å²) >= 11 is 0. The minimum Gasteiger partial charge on any atom is -0.289 e. The first-order chi connectivity index (χ1) is 9.04. The van der Waals surface area contributed by atoms with Gasteiger partial charge in [-0.3, -0.25) is 29.3 Å². The van der Waals surface area contributed by atoms with Crippen molar-refractivity contribution in [2.75, 3.05) is 6.61 Å². The van der Waals surface area contributed by atoms with Crippen molar-refractivity contribution in [2.45, 2.75) is 32.6 Å². The highest BCUT2D eigenvalue weighted by molar-refractivity contribution is 6.12. The van der Waals surface area contributed by atoms with Gasteiger partial charge in [0.1, 0.15) is 0 Å². The van der Waals surface area contributed by atoms with Gasteiger partial charge in [-0.25, -0.2) is 0 Å². The molecule has 2 heterocycles. The first-order valence-corrected chi connectivity index (χ1v) is 6.06. The van der Waals surface area contributed by atoms with Gasteiger partial charge in [0.25, 0.3) is 23.6 Å². The molecule has 2 aliphatic rings. The third-order valence-corrected chi connectivity index (χ3v) is 2.36. The highest BCUT2D eigenvalue weighted by Crippen LogP contribution is 2.11. The molecule has 0 aromatic carbocycles. The molecule has 0 radical (unpaired) electrons. The summed E-state index contributed by atoms with van der Waals surface area (Å²) in [6.07, 6.45) is 4.86. The quantitative estimate of drug-likeness (QED) is 0.575. The fourth-order valence-electron chi connectivity index (χ4n) is 1.36. The lowest BCUT2D eigenvalue weighted by Crippen LogP contribution is -2.29. The maximum atomic E-state index is 11.0. The number of hydrogen-bond donors (Lipinski definition) is 1. The van der Waals surface area contributed by atoms with Crippen LogP contribution in [0.4, 0.5) is 0 Å². The zero-order valence-electron chi connectivity index (χ0n) is 10.7. The average molecular weight is 268 g/mol. The van der Waals surface area contributed by atoms with Crippen molar-refractivity contribution in [3.63, 3.8) is 0 Å². The van der Waals surface area contributed by atoms with Crippen LogP contribution < -0.4 is 5.32 Å². The Morgan fingerprint density at radius 1 is 1.11 bits per heavy atom. The Labute approximate surface area is 110 Å². The molecule has 0 aliphatic carbocycles. The topological polar surface area (TPSA) is 92.8 Å². The molecule has 1 N–H and O–H groups in total. The molecule has 0 atom stereocenters. The Morgan fingerprint density at radius 3 is 2.00 bits per heavy atom. The molecule has 0 unspecified atom stereocenters. The number of amides is 4. The second kappa shape index (κ2) is 7.42. The van der Waals surface area contributed by atoms with Crippen LogP contribution in [0, 0.1) is 0 Å². The van der Waals surface area contributed by atoms with Gasteiger partial charge < -0.3 is 0 Å². The number of hydroxylamine groups is 2. The third kappa shape index (κ3) is 5.01. The molecule has 104 valence electrons. The summed E-state index contributed by atoms with van der Waals surface area (Å²) in [5, 5.41) is 2.93. The van der Waals surface area contributed by atoms with Crippen LogP contribution in [0.3, 0.4) is 0 Å². The van der Waals surface area contributed by atoms with Crippen molar-refractivity contribution in [3.05, 3.63) is 12.2 Å². The predicted octanol–water partition coefficient (Wildman–Crippen LogP) is 0.0661. The third-order valence-electron chi connectivity index (χ3n) is 2.36. The first-order valence-electron chi connectivity index (χ1n) is 6.06. The lowest BCUT2D eigenvalue weighted by Gasteiger charge is -2.12. The van der Waals surface area contributed by atoms with Crippen molar-refractivity contribution in [3.8, 4) is 0 Å². The van der Waals surface area contributed by atoms with E-state index in [4.69, 9.17) is 4.84 Å². The summed E-state index contributed by atoms with van der Waals surface area (Å²) in [5.41, 5.74) is 0. The Morgan fingerprint density at radius 2 is 1.63 bits per heavy atom. The lowest BCUT2D eigenvalue weighted by molar-refractivity contribution is -0.187. The van der Waals surface area contributed by atoms with Crippen LogP contribution in [-0.2, 0) is 24.0 Å². The number of nitrogens with one attached hydrogen (secondary N) is 1. The second-order valence-corrected chi connectivity index (χ2v) is 3.96. The highest BCUT2D eigenvalue weighted by Gasteiger charge is 2.29. The van der Waals surface area contributed by atoms with Crippen molar-refractivity contribution in [1.29, 1.82) is 0 Å². The van der Waals surface area contributed by atoms with Crippen molar-refractivity contribution >= 4 is 23.6 Å². The van der Waals surface area contributed by atoms with Gasteiger partial charge in [-0.1, -0.05) is 13.3 Å². The van der Waals surface area contributed by atoms with E-state index >= 15 is 0 Å². The number of carbonyl (C=O) groups excluding carboxylic acids is 4. The van der Waals surface area contributed by atoms with Crippen LogP contribution in [-0.4, -0.2) is 35.3 Å². The molecular formula is C12H16N2O5. The number of hydrogen-bond acceptors (Lipinski definition) is 5. The van der Waals surface area contributed by atoms with Gasteiger partial charge in [0.15, 0.2) is 0 Å². The van der Waals surface area contributed by atoms with E-state index < -0.39 is 0 Å². The summed E-state index contributed by atoms with van der Waals surface area (Å²) in [5.74, 6) is -1.08. The Balaban J connectivity index is 0.000000218. The number of carbonyl (C=O) groups is 4. The van der Waals surface area contributed by atoms with Crippen LogP contribution >= 0.6 is 0 Å². The van der Waals surface area contributed by atoms with E-state index in [0.717, 1.165) is 17.9 Å². The zero-order valence-corrected chi connectivity index (χ0v) is 10.7. The van der Waals surface area contributed by atoms with Gasteiger partial charge in [-0.15, -0.1) is 0 Å². The summed E-state index contributed by atoms with van der Waals surface area (Å²) in [7, 11) is 0. The van der Waals surface area contributed by atoms with E-state index in [0.29, 0.717) is 19.4 Å². The van der Waals surface area contributed by atoms with Crippen LogP contribution in [0.2, 0.25) is 0 Å². The van der Waals surface area contributed by atoms with Crippen molar-refractivity contribution in [1.82, 2.24) is 10.4 Å². The standard InChI is InChI=1S/C8H13NO3.C4H3NO2/c1-2-3-6-12-9-7(10)4-5-8(9)11;6-3-1-2-4(7)5-3/h2-6H2,1H3;1-2H,(H,5,6,7). The summed E-state index contributed by atoms with van der Waals surface area (Å²) in [6.45, 7) is 2.48. The van der Waals surface area contributed by atoms with E-state index in [1.807, 2.05) is 12.2 Å². The van der Waals surface area contributed by atoms with Crippen LogP contribution in [0.1, 0.15) is 32.6 Å². The van der Waals surface area contributed by atoms with Gasteiger partial charge in [0.05, 0.1) is 6.61 Å². The summed E-state index contributed by atoms with van der Waals surface area (Å²) in [4.78, 5) is 47.0. The summed E-state index contributed by atoms with van der Waals surface area (Å²) < 4.78 is 0. The largest absolute Gasteiger partial charge is 0.289 e. The van der Waals surface area contributed by atoms with Crippen LogP contribution in [0.5, 0.6) is 0 Å². The number of rotatable bonds is 4. The van der Waals surface area contributed by atoms with E-state index in [9.17, 15) is 19.2 Å². The summed E-state index contributed by atoms with van der Waals surface area (Å²) in [6, 6.07) is 0. The molecule has 4 amide bonds. The lowest BCUT2D eigenvalue weighted by atomic mass is 10.4. The van der Waals surface area contributed by atoms with E-state index in [-0.39, 0.29) is 23.6 Å². The normalized spacial score (nSPS) is 17.6. The molecular weight excluding hydrogens is 252 g/mol. The van der Waals surface area contributed by atoms with Gasteiger partial charge in [0, 0.05) is 25.0 Å². The SMILES string of the molecule is CCCCON1C(=O)CCC1=O.O=C1C=CC(=O)N1. The first kappa shape index (κ1) is 15.0. The van der Waals surface area contributed by atoms with Crippen molar-refractivity contribution in [2.24, 2.45) is 0 Å². The van der Waals surface area contributed by atoms with Crippen LogP contribution in [0.15, 0.2) is 12.2 Å². The van der Waals surface area contributed by atoms with E-state index in [2.05, 4.69) is 0 Å². The fourth-order valence-corrected chi connectivity index (χ4v) is 1.36. The minimum atomic E-state index is -0.329. The Hall–Kier alpha value is -2.02. The molecule has 1 saturated heterocycles. The Kier molecular flexibility index (Phi) is 5.87. The molecule has 0 aromatic heterocycles. The second-order valence-electron chi connectivity index (χ2n) is 3.96. The number of imide groups is 2. The maximum absolute atomic E-state index is 11.0. The van der Waals surface area contributed by atoms with Crippen LogP contribution in [0.25, 0.3) is 0 Å². The van der Waals surface area contributed by atoms with Crippen molar-refractivity contribution < 1.29 is 24.0 Å². The molecule has 7 nitrogen and oxygen atoms in total. The molecule has 0 aromatic rings. The molecule has 2 rings (SSSR count). The number of nitrogens with zero attached hydrogens (tertiary/aromatic N) is 1. The van der Waals surface area contributed by atoms with E-state index in [1.165, 1.54) is 12.2 Å². The molecule has 2 aliphatic heterocycles. The van der Waals surface area contributed by atoms with Gasteiger partial charge in [-0.2, -0.15) is 5.06 Å². The average Bonchev–Trinajstić information content (AvgIpc) is 2.89. The number of unbranched alkanes of at least 4 members (excludes halogenated alkanes) is 1. The van der Waals surface area contributed by atoms with Gasteiger partial charge >= 0.3 is 0 Å². The van der Waals surface area contributed by atoms with E-state index in [1.54, 1.807) is 0 Å². The molecule has 0 saturated carbocycles. The highest BCUT2D eigenvalue weighted by atomic mass is 16.7. The molecule has 0 bridgehead atoms. The maximum Gasteiger partial charge on any atom is 0.253 e. The smallest absolute Gasteiger partial charge is 0.253 e. The Bertz CT molecular complexity index is 384. The molecule has 7 heteroatoms. The van der Waals surface area contributed by atoms with Gasteiger partial charge in [-0.05, 0) is 6.42 Å². The monoisotopic (exact) mass is 268 g/mol. The zero-order chi connectivity index (χ0) is 14.3. The molecule has 19 heavy (non-hydrogen) atoms. The molecule has 1 fully saturated rings. The predicted molar refractivity (Wildman–Crippen MR) is 64.2 cm³/mol. The minimum absolute atomic E-state index is 0.212. The molecule has 0 spiro atoms. The fraction of sp³-hybridized carbons (Fsp3) is 0.500.